The number of carboxylic acids is 1. The summed E-state index contributed by atoms with van der Waals surface area (Å²) < 4.78 is 42.5. The normalized spacial score (nSPS) is 16.3. The highest BCUT2D eigenvalue weighted by molar-refractivity contribution is 7.94. The first-order chi connectivity index (χ1) is 28.0. The molecule has 0 fully saturated rings. The Hall–Kier alpha value is -3.83. The predicted molar refractivity (Wildman–Crippen MR) is 230 cm³/mol. The maximum absolute atomic E-state index is 11.9. The lowest BCUT2D eigenvalue weighted by molar-refractivity contribution is -0.894. The van der Waals surface area contributed by atoms with Gasteiger partial charge in [0.1, 0.15) is 16.7 Å². The van der Waals surface area contributed by atoms with E-state index in [0.717, 1.165) is 83.0 Å². The summed E-state index contributed by atoms with van der Waals surface area (Å²) in [6, 6.07) is 10.4. The van der Waals surface area contributed by atoms with Crippen molar-refractivity contribution in [2.75, 3.05) is 44.7 Å². The summed E-state index contributed by atoms with van der Waals surface area (Å²) >= 11 is 0.841. The molecule has 3 N–H and O–H groups in total. The topological polar surface area (TPSA) is 176 Å². The molecule has 0 spiro atoms. The van der Waals surface area contributed by atoms with Crippen molar-refractivity contribution in [2.45, 2.75) is 120 Å². The number of hydrogen-bond donors (Lipinski definition) is 3. The van der Waals surface area contributed by atoms with Crippen molar-refractivity contribution >= 4 is 51.1 Å². The maximum atomic E-state index is 11.9. The minimum absolute atomic E-state index is 0.00365. The van der Waals surface area contributed by atoms with Crippen LogP contribution >= 0.6 is 12.0 Å². The molecule has 2 aromatic carbocycles. The van der Waals surface area contributed by atoms with Gasteiger partial charge in [0, 0.05) is 72.3 Å². The van der Waals surface area contributed by atoms with Gasteiger partial charge in [-0.05, 0) is 102 Å². The average Bonchev–Trinajstić information content (AvgIpc) is 3.54. The van der Waals surface area contributed by atoms with Gasteiger partial charge in [-0.3, -0.25) is 14.6 Å². The van der Waals surface area contributed by atoms with Crippen molar-refractivity contribution in [3.8, 4) is 0 Å². The van der Waals surface area contributed by atoms with E-state index in [4.69, 9.17) is 5.11 Å². The van der Waals surface area contributed by atoms with Crippen LogP contribution in [0, 0.1) is 0 Å². The molecule has 0 aromatic heterocycles. The summed E-state index contributed by atoms with van der Waals surface area (Å²) in [5, 5.41) is 25.7. The van der Waals surface area contributed by atoms with Gasteiger partial charge in [0.2, 0.25) is 11.6 Å². The Morgan fingerprint density at radius 3 is 2.19 bits per heavy atom. The molecule has 13 nitrogen and oxygen atoms in total. The number of nitrogens with zero attached hydrogens (tertiary/aromatic N) is 2. The first kappa shape index (κ1) is 49.5. The minimum Gasteiger partial charge on any atom is -0.744 e. The van der Waals surface area contributed by atoms with E-state index in [2.05, 4.69) is 64.9 Å². The van der Waals surface area contributed by atoms with Gasteiger partial charge in [-0.15, -0.1) is 0 Å². The second kappa shape index (κ2) is 23.2. The van der Waals surface area contributed by atoms with Gasteiger partial charge in [0.15, 0.2) is 5.71 Å². The molecule has 0 saturated heterocycles. The molecule has 0 unspecified atom stereocenters. The summed E-state index contributed by atoms with van der Waals surface area (Å²) in [5.74, 6) is -0.797. The third kappa shape index (κ3) is 13.6. The van der Waals surface area contributed by atoms with Crippen LogP contribution in [-0.2, 0) is 39.9 Å². The number of quaternary nitrogens is 1. The second-order valence-electron chi connectivity index (χ2n) is 15.8. The molecular formula is C44H64N4O9S2. The van der Waals surface area contributed by atoms with Crippen LogP contribution in [0.2, 0.25) is 0 Å². The summed E-state index contributed by atoms with van der Waals surface area (Å²) in [4.78, 5) is 27.0. The Balaban J connectivity index is 0.00000122. The zero-order valence-corrected chi connectivity index (χ0v) is 37.6. The van der Waals surface area contributed by atoms with E-state index in [0.29, 0.717) is 25.9 Å². The first-order valence-corrected chi connectivity index (χ1v) is 22.7. The van der Waals surface area contributed by atoms with Crippen molar-refractivity contribution in [3.05, 3.63) is 83.6 Å². The van der Waals surface area contributed by atoms with Crippen LogP contribution in [0.4, 0.5) is 11.4 Å². The molecule has 4 rings (SSSR count). The second-order valence-corrected chi connectivity index (χ2v) is 17.9. The van der Waals surface area contributed by atoms with E-state index in [-0.39, 0.29) is 17.2 Å². The quantitative estimate of drug-likeness (QED) is 0.0246. The number of unbranched alkanes of at least 4 members (excludes halogenated alkanes) is 4. The molecule has 0 radical (unpaired) electrons. The van der Waals surface area contributed by atoms with Crippen LogP contribution in [0.1, 0.15) is 111 Å². The van der Waals surface area contributed by atoms with Gasteiger partial charge < -0.3 is 30.0 Å². The molecule has 59 heavy (non-hydrogen) atoms. The zero-order valence-electron chi connectivity index (χ0n) is 36.0. The number of allylic oxidation sites excluding steroid dienone is 6. The highest BCUT2D eigenvalue weighted by Crippen LogP contribution is 2.48. The van der Waals surface area contributed by atoms with Crippen LogP contribution in [0.15, 0.2) is 82.3 Å². The number of anilines is 1. The monoisotopic (exact) mass is 856 g/mol. The maximum Gasteiger partial charge on any atom is 0.303 e. The van der Waals surface area contributed by atoms with E-state index in [1.54, 1.807) is 18.0 Å². The Morgan fingerprint density at radius 1 is 0.898 bits per heavy atom. The molecule has 1 amide bonds. The summed E-state index contributed by atoms with van der Waals surface area (Å²) in [5.41, 5.74) is 4.70. The van der Waals surface area contributed by atoms with E-state index >= 15 is 0 Å². The number of fused-ring (bicyclic) bond motifs is 2. The highest BCUT2D eigenvalue weighted by atomic mass is 32.2. The molecule has 2 aliphatic rings. The lowest BCUT2D eigenvalue weighted by Gasteiger charge is -2.27. The number of aliphatic carboxylic acids is 1. The fourth-order valence-electron chi connectivity index (χ4n) is 7.74. The summed E-state index contributed by atoms with van der Waals surface area (Å²) in [7, 11) is -3.01. The van der Waals surface area contributed by atoms with E-state index in [1.807, 2.05) is 56.4 Å². The zero-order chi connectivity index (χ0) is 43.8. The van der Waals surface area contributed by atoms with Gasteiger partial charge in [-0.1, -0.05) is 38.5 Å². The van der Waals surface area contributed by atoms with Gasteiger partial charge in [0.05, 0.1) is 42.0 Å². The molecule has 326 valence electrons. The minimum atomic E-state index is -4.63. The van der Waals surface area contributed by atoms with E-state index < -0.39 is 26.9 Å². The molecule has 15 heteroatoms. The Kier molecular flexibility index (Phi) is 19.5. The molecule has 0 aliphatic carbocycles. The van der Waals surface area contributed by atoms with Crippen molar-refractivity contribution in [3.63, 3.8) is 0 Å². The third-order valence-electron chi connectivity index (χ3n) is 11.2. The molecular weight excluding hydrogens is 793 g/mol. The van der Waals surface area contributed by atoms with E-state index in [9.17, 15) is 27.8 Å². The SMILES string of the molecule is CC[NH+](CC)CC.CNC(=O)CCCCCN1C(=CC=CC=CC2=[N+](CCCCCC(=O)O)c3ccc(SOO[O-])cc3C2(C)C)C(C)(C)c2cc(S(=O)(=O)[O-])ccc21. The molecule has 2 aromatic rings. The molecule has 2 heterocycles. The van der Waals surface area contributed by atoms with Gasteiger partial charge in [0.25, 0.3) is 0 Å². The van der Waals surface area contributed by atoms with Crippen molar-refractivity contribution in [1.29, 1.82) is 0 Å². The van der Waals surface area contributed by atoms with Crippen molar-refractivity contribution < 1.29 is 51.8 Å². The summed E-state index contributed by atoms with van der Waals surface area (Å²) in [6.45, 7) is 20.1. The number of carboxylic acid groups (broad SMARTS) is 1. The summed E-state index contributed by atoms with van der Waals surface area (Å²) in [6.07, 6.45) is 15.1. The lowest BCUT2D eigenvalue weighted by atomic mass is 9.81. The number of carbonyl (C=O) groups is 2. The van der Waals surface area contributed by atoms with Crippen LogP contribution in [-0.4, -0.2) is 80.0 Å². The number of nitrogens with one attached hydrogen (secondary N) is 2. The molecule has 0 bridgehead atoms. The van der Waals surface area contributed by atoms with Crippen molar-refractivity contribution in [2.24, 2.45) is 0 Å². The van der Waals surface area contributed by atoms with Crippen LogP contribution in [0.25, 0.3) is 0 Å². The van der Waals surface area contributed by atoms with Crippen LogP contribution < -0.4 is 20.4 Å². The Bertz CT molecular complexity index is 1960. The fraction of sp³-hybridized carbons (Fsp3) is 0.523. The number of amides is 1. The smallest absolute Gasteiger partial charge is 0.303 e. The number of benzene rings is 2. The number of carbonyl (C=O) groups excluding carboxylic acids is 1. The highest BCUT2D eigenvalue weighted by Gasteiger charge is 2.44. The van der Waals surface area contributed by atoms with E-state index in [1.165, 1.54) is 31.8 Å². The first-order valence-electron chi connectivity index (χ1n) is 20.6. The van der Waals surface area contributed by atoms with Crippen LogP contribution in [0.5, 0.6) is 0 Å². The van der Waals surface area contributed by atoms with Gasteiger partial charge in [-0.25, -0.2) is 8.42 Å². The van der Waals surface area contributed by atoms with Gasteiger partial charge in [-0.2, -0.15) is 8.91 Å². The Morgan fingerprint density at radius 2 is 1.58 bits per heavy atom. The largest absolute Gasteiger partial charge is 0.744 e. The lowest BCUT2D eigenvalue weighted by Crippen LogP contribution is -3.11. The predicted octanol–water partition coefficient (Wildman–Crippen LogP) is 5.87. The van der Waals surface area contributed by atoms with Crippen molar-refractivity contribution in [1.82, 2.24) is 5.32 Å². The number of rotatable bonds is 22. The standard InChI is InChI=1S/C38H49N3O9S2.C6H15N/c1-37(2)29-25-27(51-50-49-45)19-21-31(29)40(24-14-8-12-18-36(43)44)33(37)15-9-6-10-16-34-38(3,4)30-26-28(52(46,47)48)20-22-32(30)41(34)23-13-7-11-17-35(42)39-5;1-4-7(5-2)6-3/h6,9-10,15-16,19-22,25-26H,7-8,11-14,17-18,23-24H2,1-5H3,(H3-,39,42,43,44,45,46,47,48);4-6H2,1-3H3. The molecule has 2 aliphatic heterocycles. The molecule has 0 atom stereocenters. The average molecular weight is 857 g/mol. The van der Waals surface area contributed by atoms with Gasteiger partial charge >= 0.3 is 5.97 Å². The third-order valence-corrected chi connectivity index (χ3v) is 12.6. The fourth-order valence-corrected chi connectivity index (χ4v) is 8.63. The number of hydrogen-bond acceptors (Lipinski definition) is 10. The molecule has 0 saturated carbocycles. The van der Waals surface area contributed by atoms with Crippen LogP contribution in [0.3, 0.4) is 0 Å². The Labute approximate surface area is 355 Å².